The number of rotatable bonds is 5. The maximum atomic E-state index is 13.4. The Labute approximate surface area is 120 Å². The molecule has 0 heterocycles. The Bertz CT molecular complexity index is 565. The van der Waals surface area contributed by atoms with Crippen molar-refractivity contribution in [3.8, 4) is 0 Å². The third-order valence-electron chi connectivity index (χ3n) is 3.96. The van der Waals surface area contributed by atoms with E-state index in [4.69, 9.17) is 5.73 Å². The van der Waals surface area contributed by atoms with E-state index in [2.05, 4.69) is 19.1 Å². The fraction of sp³-hybridized carbons (Fsp3) is 0.333. The van der Waals surface area contributed by atoms with Crippen molar-refractivity contribution in [1.29, 1.82) is 0 Å². The van der Waals surface area contributed by atoms with E-state index < -0.39 is 0 Å². The van der Waals surface area contributed by atoms with Gasteiger partial charge < -0.3 is 5.73 Å². The molecule has 0 radical (unpaired) electrons. The third kappa shape index (κ3) is 3.67. The van der Waals surface area contributed by atoms with Crippen LogP contribution in [0.2, 0.25) is 0 Å². The quantitative estimate of drug-likeness (QED) is 0.873. The Hall–Kier alpha value is -1.67. The summed E-state index contributed by atoms with van der Waals surface area (Å²) in [5, 5.41) is 0. The van der Waals surface area contributed by atoms with Gasteiger partial charge in [-0.05, 0) is 55.0 Å². The molecule has 2 aromatic carbocycles. The Balaban J connectivity index is 2.20. The molecule has 0 aliphatic carbocycles. The molecule has 0 bridgehead atoms. The molecule has 2 aromatic rings. The van der Waals surface area contributed by atoms with Gasteiger partial charge in [-0.2, -0.15) is 0 Å². The van der Waals surface area contributed by atoms with E-state index in [1.807, 2.05) is 31.2 Å². The SMILES string of the molecule is CCC(N)(Cc1ccccc1)Cc1cc(F)ccc1C. The number of nitrogens with two attached hydrogens (primary N) is 1. The predicted molar refractivity (Wildman–Crippen MR) is 82.2 cm³/mol. The molecule has 0 spiro atoms. The molecule has 1 atom stereocenters. The topological polar surface area (TPSA) is 26.0 Å². The summed E-state index contributed by atoms with van der Waals surface area (Å²) < 4.78 is 13.4. The first-order valence-electron chi connectivity index (χ1n) is 7.10. The summed E-state index contributed by atoms with van der Waals surface area (Å²) in [6, 6.07) is 15.2. The van der Waals surface area contributed by atoms with Crippen molar-refractivity contribution in [3.05, 3.63) is 71.0 Å². The minimum absolute atomic E-state index is 0.191. The molecule has 2 N–H and O–H groups in total. The number of halogens is 1. The zero-order chi connectivity index (χ0) is 14.6. The first kappa shape index (κ1) is 14.7. The molecular formula is C18H22FN. The van der Waals surface area contributed by atoms with Crippen molar-refractivity contribution in [3.63, 3.8) is 0 Å². The van der Waals surface area contributed by atoms with Crippen LogP contribution in [-0.4, -0.2) is 5.54 Å². The van der Waals surface area contributed by atoms with Gasteiger partial charge >= 0.3 is 0 Å². The second-order valence-corrected chi connectivity index (χ2v) is 5.63. The fourth-order valence-electron chi connectivity index (χ4n) is 2.52. The van der Waals surface area contributed by atoms with Crippen LogP contribution < -0.4 is 5.73 Å². The largest absolute Gasteiger partial charge is 0.325 e. The van der Waals surface area contributed by atoms with Gasteiger partial charge in [0.2, 0.25) is 0 Å². The van der Waals surface area contributed by atoms with E-state index in [9.17, 15) is 4.39 Å². The van der Waals surface area contributed by atoms with Crippen LogP contribution in [0.5, 0.6) is 0 Å². The van der Waals surface area contributed by atoms with Crippen LogP contribution in [0.25, 0.3) is 0 Å². The van der Waals surface area contributed by atoms with Gasteiger partial charge in [0.05, 0.1) is 0 Å². The molecular weight excluding hydrogens is 249 g/mol. The molecule has 20 heavy (non-hydrogen) atoms. The molecule has 1 nitrogen and oxygen atoms in total. The number of benzene rings is 2. The zero-order valence-corrected chi connectivity index (χ0v) is 12.2. The molecule has 2 rings (SSSR count). The normalized spacial score (nSPS) is 14.0. The first-order valence-corrected chi connectivity index (χ1v) is 7.10. The van der Waals surface area contributed by atoms with Crippen molar-refractivity contribution in [2.45, 2.75) is 38.6 Å². The molecule has 1 unspecified atom stereocenters. The standard InChI is InChI=1S/C18H22FN/c1-3-18(20,12-15-7-5-4-6-8-15)13-16-11-17(19)10-9-14(16)2/h4-11H,3,12-13,20H2,1-2H3. The average molecular weight is 271 g/mol. The van der Waals surface area contributed by atoms with Crippen LogP contribution in [0.4, 0.5) is 4.39 Å². The highest BCUT2D eigenvalue weighted by molar-refractivity contribution is 5.29. The molecule has 2 heteroatoms. The second-order valence-electron chi connectivity index (χ2n) is 5.63. The number of aryl methyl sites for hydroxylation is 1. The highest BCUT2D eigenvalue weighted by Crippen LogP contribution is 2.22. The summed E-state index contributed by atoms with van der Waals surface area (Å²) in [5.74, 6) is -0.191. The van der Waals surface area contributed by atoms with Crippen molar-refractivity contribution in [1.82, 2.24) is 0 Å². The van der Waals surface area contributed by atoms with Gasteiger partial charge in [0.1, 0.15) is 5.82 Å². The van der Waals surface area contributed by atoms with Crippen molar-refractivity contribution < 1.29 is 4.39 Å². The van der Waals surface area contributed by atoms with E-state index in [1.54, 1.807) is 6.07 Å². The van der Waals surface area contributed by atoms with Gasteiger partial charge in [-0.25, -0.2) is 4.39 Å². The summed E-state index contributed by atoms with van der Waals surface area (Å²) in [7, 11) is 0. The van der Waals surface area contributed by atoms with E-state index in [0.717, 1.165) is 24.0 Å². The molecule has 0 aromatic heterocycles. The summed E-state index contributed by atoms with van der Waals surface area (Å²) in [6.07, 6.45) is 2.36. The van der Waals surface area contributed by atoms with Crippen LogP contribution in [0, 0.1) is 12.7 Å². The van der Waals surface area contributed by atoms with E-state index in [-0.39, 0.29) is 11.4 Å². The summed E-state index contributed by atoms with van der Waals surface area (Å²) in [6.45, 7) is 4.10. The molecule has 0 amide bonds. The lowest BCUT2D eigenvalue weighted by Gasteiger charge is -2.29. The molecule has 0 saturated heterocycles. The van der Waals surface area contributed by atoms with Gasteiger partial charge in [0.15, 0.2) is 0 Å². The molecule has 0 aliphatic heterocycles. The molecule has 0 fully saturated rings. The molecule has 0 aliphatic rings. The van der Waals surface area contributed by atoms with Crippen molar-refractivity contribution >= 4 is 0 Å². The number of hydrogen-bond donors (Lipinski definition) is 1. The second kappa shape index (κ2) is 6.19. The van der Waals surface area contributed by atoms with Crippen LogP contribution >= 0.6 is 0 Å². The smallest absolute Gasteiger partial charge is 0.123 e. The van der Waals surface area contributed by atoms with Gasteiger partial charge in [-0.3, -0.25) is 0 Å². The minimum atomic E-state index is -0.333. The van der Waals surface area contributed by atoms with Crippen LogP contribution in [0.15, 0.2) is 48.5 Å². The number of hydrogen-bond acceptors (Lipinski definition) is 1. The lowest BCUT2D eigenvalue weighted by Crippen LogP contribution is -2.43. The summed E-state index contributed by atoms with van der Waals surface area (Å²) in [4.78, 5) is 0. The van der Waals surface area contributed by atoms with Gasteiger partial charge in [-0.15, -0.1) is 0 Å². The van der Waals surface area contributed by atoms with Crippen LogP contribution in [0.1, 0.15) is 30.0 Å². The Morgan fingerprint density at radius 3 is 2.40 bits per heavy atom. The Morgan fingerprint density at radius 1 is 1.05 bits per heavy atom. The Morgan fingerprint density at radius 2 is 1.75 bits per heavy atom. The van der Waals surface area contributed by atoms with E-state index >= 15 is 0 Å². The minimum Gasteiger partial charge on any atom is -0.325 e. The van der Waals surface area contributed by atoms with Crippen LogP contribution in [-0.2, 0) is 12.8 Å². The maximum absolute atomic E-state index is 13.4. The monoisotopic (exact) mass is 271 g/mol. The summed E-state index contributed by atoms with van der Waals surface area (Å²) in [5.41, 5.74) is 9.56. The highest BCUT2D eigenvalue weighted by atomic mass is 19.1. The predicted octanol–water partition coefficient (Wildman–Crippen LogP) is 4.03. The van der Waals surface area contributed by atoms with Gasteiger partial charge in [0.25, 0.3) is 0 Å². The van der Waals surface area contributed by atoms with Gasteiger partial charge in [0, 0.05) is 5.54 Å². The average Bonchev–Trinajstić information content (AvgIpc) is 2.44. The van der Waals surface area contributed by atoms with Gasteiger partial charge in [-0.1, -0.05) is 43.3 Å². The van der Waals surface area contributed by atoms with Crippen molar-refractivity contribution in [2.75, 3.05) is 0 Å². The van der Waals surface area contributed by atoms with E-state index in [0.29, 0.717) is 6.42 Å². The molecule has 106 valence electrons. The summed E-state index contributed by atoms with van der Waals surface area (Å²) >= 11 is 0. The highest BCUT2D eigenvalue weighted by Gasteiger charge is 2.24. The lowest BCUT2D eigenvalue weighted by atomic mass is 9.82. The first-order chi connectivity index (χ1) is 9.52. The van der Waals surface area contributed by atoms with Crippen LogP contribution in [0.3, 0.4) is 0 Å². The van der Waals surface area contributed by atoms with Crippen molar-refractivity contribution in [2.24, 2.45) is 5.73 Å². The lowest BCUT2D eigenvalue weighted by molar-refractivity contribution is 0.403. The Kier molecular flexibility index (Phi) is 4.56. The zero-order valence-electron chi connectivity index (χ0n) is 12.2. The third-order valence-corrected chi connectivity index (χ3v) is 3.96. The fourth-order valence-corrected chi connectivity index (χ4v) is 2.52. The van der Waals surface area contributed by atoms with E-state index in [1.165, 1.54) is 11.6 Å². The molecule has 0 saturated carbocycles. The maximum Gasteiger partial charge on any atom is 0.123 e.